The molecule has 0 unspecified atom stereocenters. The molecule has 422 valence electrons. The summed E-state index contributed by atoms with van der Waals surface area (Å²) in [5, 5.41) is 38.4. The third kappa shape index (κ3) is 17.9. The van der Waals surface area contributed by atoms with Gasteiger partial charge in [0, 0.05) is 54.4 Å². The number of nitrogens with two attached hydrogens (primary N) is 2. The largest absolute Gasteiger partial charge is 0.387 e. The molecule has 26 nitrogen and oxygen atoms in total. The summed E-state index contributed by atoms with van der Waals surface area (Å²) in [6, 6.07) is 12.2. The lowest BCUT2D eigenvalue weighted by Crippen LogP contribution is -2.45. The van der Waals surface area contributed by atoms with Crippen LogP contribution in [-0.4, -0.2) is 157 Å². The number of rotatable bonds is 31. The van der Waals surface area contributed by atoms with Gasteiger partial charge in [-0.3, -0.25) is 33.1 Å². The third-order valence-electron chi connectivity index (χ3n) is 12.2. The fourth-order valence-corrected chi connectivity index (χ4v) is 8.62. The van der Waals surface area contributed by atoms with Crippen LogP contribution in [0.1, 0.15) is 56.9 Å². The van der Waals surface area contributed by atoms with Crippen LogP contribution in [0.3, 0.4) is 0 Å². The van der Waals surface area contributed by atoms with Crippen LogP contribution in [0.4, 0.5) is 22.0 Å². The summed E-state index contributed by atoms with van der Waals surface area (Å²) in [5.41, 5.74) is 8.26. The number of benzene rings is 2. The van der Waals surface area contributed by atoms with Crippen molar-refractivity contribution >= 4 is 74.1 Å². The number of imide groups is 1. The van der Waals surface area contributed by atoms with Crippen LogP contribution in [0.25, 0.3) is 11.2 Å². The normalized spacial score (nSPS) is 17.9. The van der Waals surface area contributed by atoms with Gasteiger partial charge in [-0.1, -0.05) is 43.0 Å². The van der Waals surface area contributed by atoms with Gasteiger partial charge in [0.2, 0.25) is 30.2 Å². The van der Waals surface area contributed by atoms with Gasteiger partial charge in [-0.25, -0.2) is 24.1 Å². The number of Topliss-reactive ketones (excluding diaryl/α,β-unsaturated/α-hetero) is 1. The Bertz CT molecular complexity index is 2890. The number of terminal acetylenes is 1. The summed E-state index contributed by atoms with van der Waals surface area (Å²) in [6.45, 7) is 4.47. The summed E-state index contributed by atoms with van der Waals surface area (Å²) in [5.74, 6) is -0.328. The van der Waals surface area contributed by atoms with Crippen molar-refractivity contribution in [3.05, 3.63) is 91.9 Å². The Labute approximate surface area is 451 Å². The fraction of sp³-hybridized carbons (Fsp3) is 0.451. The first kappa shape index (κ1) is 61.6. The van der Waals surface area contributed by atoms with E-state index < -0.39 is 71.3 Å². The maximum atomic E-state index is 13.9. The third-order valence-corrected chi connectivity index (χ3v) is 12.7. The van der Waals surface area contributed by atoms with Gasteiger partial charge in [0.25, 0.3) is 17.5 Å². The molecule has 10 N–H and O–H groups in total. The van der Waals surface area contributed by atoms with Crippen LogP contribution in [0.5, 0.6) is 0 Å². The monoisotopic (exact) mass is 1110 g/mol. The predicted octanol–water partition coefficient (Wildman–Crippen LogP) is 0.250. The smallest absolute Gasteiger partial charge is 0.333 e. The van der Waals surface area contributed by atoms with E-state index in [1.54, 1.807) is 66.9 Å². The maximum Gasteiger partial charge on any atom is 0.333 e. The number of amides is 6. The van der Waals surface area contributed by atoms with Crippen molar-refractivity contribution in [3.8, 4) is 12.3 Å². The van der Waals surface area contributed by atoms with E-state index in [1.165, 1.54) is 29.4 Å². The molecule has 6 amide bonds. The van der Waals surface area contributed by atoms with Gasteiger partial charge in [0.05, 0.1) is 65.4 Å². The van der Waals surface area contributed by atoms with Crippen LogP contribution in [0, 0.1) is 31.6 Å². The maximum absolute atomic E-state index is 13.9. The minimum atomic E-state index is -4.39. The van der Waals surface area contributed by atoms with Crippen molar-refractivity contribution in [2.45, 2.75) is 76.7 Å². The highest BCUT2D eigenvalue weighted by atomic mass is 32.2. The highest BCUT2D eigenvalue weighted by molar-refractivity contribution is 7.84. The lowest BCUT2D eigenvalue weighted by molar-refractivity contribution is -0.668. The Morgan fingerprint density at radius 2 is 1.62 bits per heavy atom. The van der Waals surface area contributed by atoms with Crippen molar-refractivity contribution in [1.29, 1.82) is 0 Å². The second kappa shape index (κ2) is 29.5. The first-order valence-corrected chi connectivity index (χ1v) is 26.1. The summed E-state index contributed by atoms with van der Waals surface area (Å²) in [7, 11) is -4.39. The zero-order chi connectivity index (χ0) is 55.6. The van der Waals surface area contributed by atoms with Gasteiger partial charge in [-0.2, -0.15) is 8.42 Å². The summed E-state index contributed by atoms with van der Waals surface area (Å²) in [6.07, 6.45) is 5.48. The SMILES string of the molecule is C#Cc1cccc(Nc2nc[n+](Cc3ccc(NC(=O)[C@H](CCCNC(N)=O)CC(=O)[C@@H](NC(=O)CCOCCOCCOCCN4C(=O)C=CC4=O)C(C)C)cc3)c3c2ncn3[C@@H]2O[C@H](COS(N)(=O)=O)[C@@H](O)[C@H]2O)c1.[CH3-]. The number of anilines is 3. The molecule has 6 rings (SSSR count). The van der Waals surface area contributed by atoms with Crippen molar-refractivity contribution in [2.75, 3.05) is 70.0 Å². The molecule has 2 aliphatic heterocycles. The molecular formula is C51H67N11O15S. The standard InChI is InChI=1S/C50H63N11O15S.CH3/c1-4-32-7-5-9-36(25-32)56-46-43-48(61(30-54-43)49-45(67)44(66)38(76-49)28-75-77(52,70)71)59(29-55-46)27-33-10-12-35(13-11-33)57-47(68)34(8-6-17-53-50(51)69)26-37(62)42(31(2)3)58-39(63)16-19-72-21-23-74-24-22-73-20-18-60-40(64)14-15-41(60)65;/h1,5,7,9-15,25,29-31,34,38,42,44-45,49,66-67H,6,8,16-24,26-28H2,2-3H3,(H7,51,52,53,57,58,63,68,69,70,71);1H3/q;-1/p+1/t34-,38-,42+,44-,45-,49-;/m1./s1. The number of aromatic nitrogens is 4. The first-order chi connectivity index (χ1) is 36.8. The second-order valence-corrected chi connectivity index (χ2v) is 19.5. The number of aliphatic hydroxyl groups is 2. The topological polar surface area (TPSA) is 361 Å². The molecule has 78 heavy (non-hydrogen) atoms. The van der Waals surface area contributed by atoms with E-state index in [1.807, 2.05) is 0 Å². The first-order valence-electron chi connectivity index (χ1n) is 24.6. The molecule has 0 spiro atoms. The van der Waals surface area contributed by atoms with Crippen LogP contribution in [0.2, 0.25) is 0 Å². The number of ether oxygens (including phenoxy) is 4. The van der Waals surface area contributed by atoms with Crippen molar-refractivity contribution in [3.63, 3.8) is 0 Å². The van der Waals surface area contributed by atoms with Gasteiger partial charge in [0.1, 0.15) is 18.3 Å². The quantitative estimate of drug-likeness (QED) is 0.0110. The molecule has 1 saturated heterocycles. The molecule has 0 aliphatic carbocycles. The van der Waals surface area contributed by atoms with E-state index in [2.05, 4.69) is 41.3 Å². The zero-order valence-electron chi connectivity index (χ0n) is 43.4. The van der Waals surface area contributed by atoms with E-state index in [0.717, 1.165) is 4.90 Å². The highest BCUT2D eigenvalue weighted by Gasteiger charge is 2.47. The number of carbonyl (C=O) groups excluding carboxylic acids is 6. The molecular weight excluding hydrogens is 1040 g/mol. The number of primary amides is 1. The number of carbonyl (C=O) groups is 6. The molecule has 4 heterocycles. The van der Waals surface area contributed by atoms with Crippen molar-refractivity contribution in [1.82, 2.24) is 30.1 Å². The van der Waals surface area contributed by atoms with Crippen molar-refractivity contribution in [2.24, 2.45) is 22.7 Å². The minimum Gasteiger partial charge on any atom is -0.387 e. The van der Waals surface area contributed by atoms with Crippen LogP contribution < -0.4 is 36.7 Å². The lowest BCUT2D eigenvalue weighted by atomic mass is 9.89. The van der Waals surface area contributed by atoms with E-state index in [-0.39, 0.29) is 109 Å². The van der Waals surface area contributed by atoms with Crippen LogP contribution >= 0.6 is 0 Å². The minimum absolute atomic E-state index is 0. The van der Waals surface area contributed by atoms with E-state index >= 15 is 0 Å². The van der Waals surface area contributed by atoms with E-state index in [4.69, 9.17) is 36.2 Å². The highest BCUT2D eigenvalue weighted by Crippen LogP contribution is 2.33. The van der Waals surface area contributed by atoms with E-state index in [0.29, 0.717) is 45.9 Å². The number of hydrogen-bond acceptors (Lipinski definition) is 18. The molecule has 6 atom stereocenters. The van der Waals surface area contributed by atoms with Crippen molar-refractivity contribution < 1.29 is 75.1 Å². The Morgan fingerprint density at radius 1 is 0.936 bits per heavy atom. The number of hydrogen-bond donors (Lipinski definition) is 8. The molecule has 27 heteroatoms. The molecule has 0 radical (unpaired) electrons. The molecule has 0 saturated carbocycles. The number of imidazole rings is 1. The molecule has 0 bridgehead atoms. The Balaban J connectivity index is 0.0000112. The molecule has 1 fully saturated rings. The lowest BCUT2D eigenvalue weighted by Gasteiger charge is -2.24. The number of urea groups is 1. The average molecular weight is 1110 g/mol. The average Bonchev–Trinajstić information content (AvgIpc) is 4.13. The van der Waals surface area contributed by atoms with Gasteiger partial charge in [-0.05, 0) is 54.7 Å². The summed E-state index contributed by atoms with van der Waals surface area (Å²) >= 11 is 0. The Hall–Kier alpha value is -7.26. The molecule has 2 aromatic carbocycles. The number of nitrogens with zero attached hydrogens (tertiary/aromatic N) is 5. The Morgan fingerprint density at radius 3 is 2.27 bits per heavy atom. The van der Waals surface area contributed by atoms with Crippen LogP contribution in [-0.2, 0) is 64.0 Å². The number of ketones is 1. The number of fused-ring (bicyclic) bond motifs is 1. The van der Waals surface area contributed by atoms with Gasteiger partial charge < -0.3 is 63.6 Å². The molecule has 2 aliphatic rings. The zero-order valence-corrected chi connectivity index (χ0v) is 44.3. The van der Waals surface area contributed by atoms with Crippen LogP contribution in [0.15, 0.2) is 73.3 Å². The molecule has 4 aromatic rings. The summed E-state index contributed by atoms with van der Waals surface area (Å²) in [4.78, 5) is 85.6. The Kier molecular flexibility index (Phi) is 23.3. The molecule has 2 aromatic heterocycles. The number of nitrogens with one attached hydrogen (secondary N) is 4. The van der Waals surface area contributed by atoms with Gasteiger partial charge in [0.15, 0.2) is 17.6 Å². The fourth-order valence-electron chi connectivity index (χ4n) is 8.29. The van der Waals surface area contributed by atoms with Gasteiger partial charge in [-0.15, -0.1) is 6.42 Å². The second-order valence-electron chi connectivity index (χ2n) is 18.2. The summed E-state index contributed by atoms with van der Waals surface area (Å²) < 4.78 is 53.2. The van der Waals surface area contributed by atoms with E-state index in [9.17, 15) is 47.4 Å². The van der Waals surface area contributed by atoms with Gasteiger partial charge >= 0.3 is 16.3 Å². The predicted molar refractivity (Wildman–Crippen MR) is 281 cm³/mol. The number of aliphatic hydroxyl groups excluding tert-OH is 2.